The Morgan fingerprint density at radius 3 is 2.78 bits per heavy atom. The summed E-state index contributed by atoms with van der Waals surface area (Å²) in [6, 6.07) is 4.49. The van der Waals surface area contributed by atoms with Crippen molar-refractivity contribution >= 4 is 5.91 Å². The molecule has 18 heavy (non-hydrogen) atoms. The fourth-order valence-electron chi connectivity index (χ4n) is 1.61. The Hall–Kier alpha value is -2.01. The number of nitrogens with one attached hydrogen (secondary N) is 1. The molecule has 5 nitrogen and oxygen atoms in total. The maximum atomic E-state index is 11.9. The van der Waals surface area contributed by atoms with Crippen LogP contribution < -0.4 is 5.32 Å². The van der Waals surface area contributed by atoms with Crippen molar-refractivity contribution < 1.29 is 18.7 Å². The first kappa shape index (κ1) is 12.4. The number of aliphatic hydroxyl groups excluding tert-OH is 1. The van der Waals surface area contributed by atoms with Crippen LogP contribution in [0, 0.1) is 13.8 Å². The molecular weight excluding hydrogens is 234 g/mol. The molecule has 2 N–H and O–H groups in total. The van der Waals surface area contributed by atoms with Gasteiger partial charge in [0.05, 0.1) is 12.9 Å². The number of amides is 1. The van der Waals surface area contributed by atoms with E-state index in [-0.39, 0.29) is 18.3 Å². The topological polar surface area (TPSA) is 75.6 Å². The highest BCUT2D eigenvalue weighted by Crippen LogP contribution is 2.16. The lowest BCUT2D eigenvalue weighted by atomic mass is 10.2. The highest BCUT2D eigenvalue weighted by molar-refractivity contribution is 5.92. The van der Waals surface area contributed by atoms with E-state index in [2.05, 4.69) is 5.32 Å². The standard InChI is InChI=1S/C13H15NO4/c1-8-6-12(18-9(8)2)13(16)14-10(7-15)11-4-3-5-17-11/h3-6,10,15H,7H2,1-2H3,(H,14,16). The van der Waals surface area contributed by atoms with Crippen LogP contribution in [0.25, 0.3) is 0 Å². The summed E-state index contributed by atoms with van der Waals surface area (Å²) < 4.78 is 10.5. The Bertz CT molecular complexity index is 508. The maximum absolute atomic E-state index is 11.9. The second-order valence-corrected chi connectivity index (χ2v) is 4.07. The number of carbonyl (C=O) groups is 1. The fourth-order valence-corrected chi connectivity index (χ4v) is 1.61. The van der Waals surface area contributed by atoms with Gasteiger partial charge in [-0.1, -0.05) is 0 Å². The van der Waals surface area contributed by atoms with E-state index in [9.17, 15) is 9.90 Å². The number of furan rings is 2. The average Bonchev–Trinajstić information content (AvgIpc) is 2.97. The van der Waals surface area contributed by atoms with Crippen molar-refractivity contribution in [3.05, 3.63) is 47.3 Å². The van der Waals surface area contributed by atoms with E-state index in [0.29, 0.717) is 11.5 Å². The van der Waals surface area contributed by atoms with Gasteiger partial charge in [-0.3, -0.25) is 4.79 Å². The molecular formula is C13H15NO4. The van der Waals surface area contributed by atoms with E-state index >= 15 is 0 Å². The predicted octanol–water partition coefficient (Wildman–Crippen LogP) is 1.95. The molecule has 0 radical (unpaired) electrons. The molecule has 0 aliphatic rings. The van der Waals surface area contributed by atoms with Crippen LogP contribution in [0.4, 0.5) is 0 Å². The molecule has 0 fully saturated rings. The molecule has 0 aliphatic carbocycles. The van der Waals surface area contributed by atoms with Crippen LogP contribution in [0.1, 0.15) is 33.7 Å². The number of hydrogen-bond acceptors (Lipinski definition) is 4. The van der Waals surface area contributed by atoms with Gasteiger partial charge in [-0.25, -0.2) is 0 Å². The predicted molar refractivity (Wildman–Crippen MR) is 64.2 cm³/mol. The Kier molecular flexibility index (Phi) is 3.53. The van der Waals surface area contributed by atoms with Gasteiger partial charge in [-0.15, -0.1) is 0 Å². The van der Waals surface area contributed by atoms with Gasteiger partial charge in [0.2, 0.25) is 0 Å². The quantitative estimate of drug-likeness (QED) is 0.868. The van der Waals surface area contributed by atoms with Crippen molar-refractivity contribution in [3.63, 3.8) is 0 Å². The summed E-state index contributed by atoms with van der Waals surface area (Å²) in [5.41, 5.74) is 0.915. The summed E-state index contributed by atoms with van der Waals surface area (Å²) in [7, 11) is 0. The molecule has 0 bridgehead atoms. The number of carbonyl (C=O) groups excluding carboxylic acids is 1. The number of aryl methyl sites for hydroxylation is 2. The van der Waals surface area contributed by atoms with Crippen molar-refractivity contribution in [2.24, 2.45) is 0 Å². The van der Waals surface area contributed by atoms with Crippen LogP contribution in [-0.2, 0) is 0 Å². The summed E-state index contributed by atoms with van der Waals surface area (Å²) in [6.45, 7) is 3.42. The van der Waals surface area contributed by atoms with Gasteiger partial charge in [0.15, 0.2) is 5.76 Å². The summed E-state index contributed by atoms with van der Waals surface area (Å²) in [5.74, 6) is 1.07. The van der Waals surface area contributed by atoms with Crippen molar-refractivity contribution in [2.75, 3.05) is 6.61 Å². The molecule has 0 saturated heterocycles. The normalized spacial score (nSPS) is 12.4. The zero-order valence-corrected chi connectivity index (χ0v) is 10.3. The SMILES string of the molecule is Cc1cc(C(=O)NC(CO)c2ccco2)oc1C. The van der Waals surface area contributed by atoms with Gasteiger partial charge in [-0.05, 0) is 37.6 Å². The van der Waals surface area contributed by atoms with Crippen LogP contribution in [-0.4, -0.2) is 17.6 Å². The Morgan fingerprint density at radius 1 is 1.50 bits per heavy atom. The molecule has 2 aromatic rings. The van der Waals surface area contributed by atoms with Gasteiger partial charge in [0, 0.05) is 0 Å². The zero-order valence-electron chi connectivity index (χ0n) is 10.3. The molecule has 2 rings (SSSR count). The van der Waals surface area contributed by atoms with Crippen molar-refractivity contribution in [3.8, 4) is 0 Å². The van der Waals surface area contributed by atoms with Gasteiger partial charge >= 0.3 is 0 Å². The smallest absolute Gasteiger partial charge is 0.287 e. The highest BCUT2D eigenvalue weighted by atomic mass is 16.4. The van der Waals surface area contributed by atoms with Crippen LogP contribution in [0.2, 0.25) is 0 Å². The maximum Gasteiger partial charge on any atom is 0.287 e. The van der Waals surface area contributed by atoms with Gasteiger partial charge in [0.1, 0.15) is 17.6 Å². The molecule has 2 heterocycles. The minimum atomic E-state index is -0.571. The van der Waals surface area contributed by atoms with E-state index in [0.717, 1.165) is 5.56 Å². The van der Waals surface area contributed by atoms with Crippen LogP contribution >= 0.6 is 0 Å². The third-order valence-corrected chi connectivity index (χ3v) is 2.76. The first-order valence-electron chi connectivity index (χ1n) is 5.64. The van der Waals surface area contributed by atoms with Gasteiger partial charge in [0.25, 0.3) is 5.91 Å². The minimum Gasteiger partial charge on any atom is -0.467 e. The summed E-state index contributed by atoms with van der Waals surface area (Å²) >= 11 is 0. The van der Waals surface area contributed by atoms with Crippen LogP contribution in [0.15, 0.2) is 33.3 Å². The molecule has 5 heteroatoms. The van der Waals surface area contributed by atoms with E-state index in [4.69, 9.17) is 8.83 Å². The van der Waals surface area contributed by atoms with E-state index in [1.54, 1.807) is 25.1 Å². The molecule has 1 amide bonds. The van der Waals surface area contributed by atoms with Crippen molar-refractivity contribution in [2.45, 2.75) is 19.9 Å². The largest absolute Gasteiger partial charge is 0.467 e. The summed E-state index contributed by atoms with van der Waals surface area (Å²) in [6.07, 6.45) is 1.49. The van der Waals surface area contributed by atoms with Crippen molar-refractivity contribution in [1.82, 2.24) is 5.32 Å². The van der Waals surface area contributed by atoms with E-state index < -0.39 is 6.04 Å². The first-order valence-corrected chi connectivity index (χ1v) is 5.64. The van der Waals surface area contributed by atoms with Crippen LogP contribution in [0.3, 0.4) is 0 Å². The Morgan fingerprint density at radius 2 is 2.28 bits per heavy atom. The molecule has 0 aromatic carbocycles. The number of hydrogen-bond donors (Lipinski definition) is 2. The number of aliphatic hydroxyl groups is 1. The molecule has 1 atom stereocenters. The minimum absolute atomic E-state index is 0.231. The lowest BCUT2D eigenvalue weighted by molar-refractivity contribution is 0.0878. The molecule has 96 valence electrons. The molecule has 0 saturated carbocycles. The third-order valence-electron chi connectivity index (χ3n) is 2.76. The lowest BCUT2D eigenvalue weighted by Gasteiger charge is -2.12. The highest BCUT2D eigenvalue weighted by Gasteiger charge is 2.19. The van der Waals surface area contributed by atoms with Crippen molar-refractivity contribution in [1.29, 1.82) is 0 Å². The van der Waals surface area contributed by atoms with Gasteiger partial charge in [-0.2, -0.15) is 0 Å². The Labute approximate surface area is 104 Å². The fraction of sp³-hybridized carbons (Fsp3) is 0.308. The third kappa shape index (κ3) is 2.46. The lowest BCUT2D eigenvalue weighted by Crippen LogP contribution is -2.30. The summed E-state index contributed by atoms with van der Waals surface area (Å²) in [4.78, 5) is 11.9. The Balaban J connectivity index is 2.10. The van der Waals surface area contributed by atoms with Gasteiger partial charge < -0.3 is 19.3 Å². The summed E-state index contributed by atoms with van der Waals surface area (Å²) in [5, 5.41) is 11.9. The van der Waals surface area contributed by atoms with E-state index in [1.807, 2.05) is 6.92 Å². The second-order valence-electron chi connectivity index (χ2n) is 4.07. The second kappa shape index (κ2) is 5.10. The van der Waals surface area contributed by atoms with Crippen LogP contribution in [0.5, 0.6) is 0 Å². The molecule has 2 aromatic heterocycles. The average molecular weight is 249 g/mol. The van der Waals surface area contributed by atoms with E-state index in [1.165, 1.54) is 6.26 Å². The molecule has 1 unspecified atom stereocenters. The molecule has 0 aliphatic heterocycles. The monoisotopic (exact) mass is 249 g/mol. The molecule has 0 spiro atoms. The first-order chi connectivity index (χ1) is 8.61. The zero-order chi connectivity index (χ0) is 13.1. The number of rotatable bonds is 4.